The van der Waals surface area contributed by atoms with Crippen molar-refractivity contribution in [1.29, 1.82) is 0 Å². The van der Waals surface area contributed by atoms with Gasteiger partial charge in [0.05, 0.1) is 13.2 Å². The molecule has 11 nitrogen and oxygen atoms in total. The van der Waals surface area contributed by atoms with Gasteiger partial charge in [0.1, 0.15) is 48.8 Å². The molecule has 0 spiro atoms. The minimum atomic E-state index is -2.14. The van der Waals surface area contributed by atoms with E-state index < -0.39 is 80.5 Å². The van der Waals surface area contributed by atoms with Gasteiger partial charge in [-0.25, -0.2) is 4.39 Å². The number of carbonyl (C=O) groups excluding carboxylic acids is 1. The van der Waals surface area contributed by atoms with E-state index in [4.69, 9.17) is 14.2 Å². The molecule has 7 N–H and O–H groups in total. The minimum Gasteiger partial charge on any atom is -0.394 e. The third-order valence-electron chi connectivity index (χ3n) is 4.35. The zero-order chi connectivity index (χ0) is 19.6. The highest BCUT2D eigenvalue weighted by Gasteiger charge is 2.51. The van der Waals surface area contributed by atoms with Gasteiger partial charge in [0, 0.05) is 6.92 Å². The normalized spacial score (nSPS) is 46.8. The first-order valence-electron chi connectivity index (χ1n) is 8.02. The monoisotopic (exact) mass is 385 g/mol. The Labute approximate surface area is 147 Å². The van der Waals surface area contributed by atoms with Crippen molar-refractivity contribution >= 4 is 5.91 Å². The van der Waals surface area contributed by atoms with Crippen LogP contribution in [0.2, 0.25) is 0 Å². The van der Waals surface area contributed by atoms with Crippen LogP contribution in [0, 0.1) is 0 Å². The summed E-state index contributed by atoms with van der Waals surface area (Å²) in [7, 11) is 0. The van der Waals surface area contributed by atoms with Crippen LogP contribution in [0.3, 0.4) is 0 Å². The number of alkyl halides is 1. The predicted octanol–water partition coefficient (Wildman–Crippen LogP) is -4.28. The molecule has 2 fully saturated rings. The highest BCUT2D eigenvalue weighted by atomic mass is 19.1. The van der Waals surface area contributed by atoms with Gasteiger partial charge in [-0.2, -0.15) is 0 Å². The molecule has 5 unspecified atom stereocenters. The van der Waals surface area contributed by atoms with Crippen LogP contribution in [-0.2, 0) is 19.0 Å². The second kappa shape index (κ2) is 8.82. The van der Waals surface area contributed by atoms with Crippen LogP contribution in [0.15, 0.2) is 0 Å². The third-order valence-corrected chi connectivity index (χ3v) is 4.35. The standard InChI is InChI=1S/C14H24FNO10/c1-4(19)16-7-12(9(21)6(3-18)24-13(7)15)26-14-11(23)10(22)8(20)5(2-17)25-14/h5-14,17-18,20-23H,2-3H2,1H3,(H,16,19)/t5?,6?,7-,8-,9+,10?,11-,12?,13?,14-/m0/s1. The second-order valence-corrected chi connectivity index (χ2v) is 6.22. The van der Waals surface area contributed by atoms with E-state index >= 15 is 0 Å². The van der Waals surface area contributed by atoms with Crippen LogP contribution in [0.1, 0.15) is 6.92 Å². The molecular formula is C14H24FNO10. The average Bonchev–Trinajstić information content (AvgIpc) is 2.60. The zero-order valence-corrected chi connectivity index (χ0v) is 13.9. The molecule has 2 aliphatic heterocycles. The largest absolute Gasteiger partial charge is 0.394 e. The maximum Gasteiger partial charge on any atom is 0.222 e. The molecule has 2 heterocycles. The van der Waals surface area contributed by atoms with E-state index in [2.05, 4.69) is 5.32 Å². The SMILES string of the molecule is CC(=O)N[C@@H]1C(F)OC(CO)[C@@H](O)C1O[C@@H]1OC(CO)[C@H](O)C(O)[C@@H]1O. The first-order chi connectivity index (χ1) is 12.2. The first kappa shape index (κ1) is 21.3. The van der Waals surface area contributed by atoms with Crippen LogP contribution < -0.4 is 5.32 Å². The first-order valence-corrected chi connectivity index (χ1v) is 8.02. The van der Waals surface area contributed by atoms with E-state index in [-0.39, 0.29) is 0 Å². The summed E-state index contributed by atoms with van der Waals surface area (Å²) in [6.07, 6.45) is -14.7. The Morgan fingerprint density at radius 1 is 1.00 bits per heavy atom. The zero-order valence-electron chi connectivity index (χ0n) is 13.9. The van der Waals surface area contributed by atoms with Crippen molar-refractivity contribution in [1.82, 2.24) is 5.32 Å². The van der Waals surface area contributed by atoms with Crippen molar-refractivity contribution < 1.29 is 54.0 Å². The fraction of sp³-hybridized carbons (Fsp3) is 0.929. The molecule has 0 aliphatic carbocycles. The lowest BCUT2D eigenvalue weighted by Gasteiger charge is -2.46. The lowest BCUT2D eigenvalue weighted by Crippen LogP contribution is -2.67. The Balaban J connectivity index is 2.21. The predicted molar refractivity (Wildman–Crippen MR) is 79.1 cm³/mol. The van der Waals surface area contributed by atoms with Gasteiger partial charge < -0.3 is 50.2 Å². The van der Waals surface area contributed by atoms with E-state index in [0.29, 0.717) is 0 Å². The molecule has 2 saturated heterocycles. The van der Waals surface area contributed by atoms with Crippen molar-refractivity contribution in [3.05, 3.63) is 0 Å². The quantitative estimate of drug-likeness (QED) is 0.245. The molecule has 1 amide bonds. The molecule has 12 heteroatoms. The molecule has 10 atom stereocenters. The van der Waals surface area contributed by atoms with Crippen LogP contribution >= 0.6 is 0 Å². The van der Waals surface area contributed by atoms with Crippen LogP contribution in [0.4, 0.5) is 4.39 Å². The van der Waals surface area contributed by atoms with E-state index in [1.807, 2.05) is 0 Å². The maximum absolute atomic E-state index is 14.2. The molecule has 0 saturated carbocycles. The van der Waals surface area contributed by atoms with Crippen molar-refractivity contribution in [3.8, 4) is 0 Å². The molecule has 2 aliphatic rings. The molecule has 2 rings (SSSR count). The number of carbonyl (C=O) groups is 1. The van der Waals surface area contributed by atoms with Crippen molar-refractivity contribution in [2.75, 3.05) is 13.2 Å². The van der Waals surface area contributed by atoms with Crippen LogP contribution in [-0.4, -0.2) is 111 Å². The Morgan fingerprint density at radius 2 is 1.58 bits per heavy atom. The lowest BCUT2D eigenvalue weighted by atomic mass is 9.96. The molecule has 0 aromatic rings. The van der Waals surface area contributed by atoms with E-state index in [1.165, 1.54) is 0 Å². The summed E-state index contributed by atoms with van der Waals surface area (Å²) in [4.78, 5) is 11.3. The van der Waals surface area contributed by atoms with E-state index in [0.717, 1.165) is 6.92 Å². The summed E-state index contributed by atoms with van der Waals surface area (Å²) >= 11 is 0. The van der Waals surface area contributed by atoms with Gasteiger partial charge in [-0.05, 0) is 0 Å². The number of nitrogens with one attached hydrogen (secondary N) is 1. The third kappa shape index (κ3) is 4.30. The van der Waals surface area contributed by atoms with Gasteiger partial charge in [-0.15, -0.1) is 0 Å². The number of halogens is 1. The highest BCUT2D eigenvalue weighted by molar-refractivity contribution is 5.73. The van der Waals surface area contributed by atoms with Crippen molar-refractivity contribution in [3.63, 3.8) is 0 Å². The number of hydrogen-bond acceptors (Lipinski definition) is 10. The minimum absolute atomic E-state index is 0.654. The van der Waals surface area contributed by atoms with Gasteiger partial charge in [-0.1, -0.05) is 0 Å². The molecule has 26 heavy (non-hydrogen) atoms. The molecule has 0 aromatic carbocycles. The van der Waals surface area contributed by atoms with Crippen LogP contribution in [0.25, 0.3) is 0 Å². The lowest BCUT2D eigenvalue weighted by molar-refractivity contribution is -0.337. The molecule has 0 aromatic heterocycles. The highest BCUT2D eigenvalue weighted by Crippen LogP contribution is 2.29. The Kier molecular flexibility index (Phi) is 7.24. The summed E-state index contributed by atoms with van der Waals surface area (Å²) in [6.45, 7) is -0.355. The Hall–Kier alpha value is -0.960. The second-order valence-electron chi connectivity index (χ2n) is 6.22. The number of aliphatic hydroxyl groups is 6. The summed E-state index contributed by atoms with van der Waals surface area (Å²) in [6, 6.07) is -1.50. The van der Waals surface area contributed by atoms with E-state index in [1.54, 1.807) is 0 Å². The molecule has 0 radical (unpaired) electrons. The number of hydrogen-bond donors (Lipinski definition) is 7. The average molecular weight is 385 g/mol. The van der Waals surface area contributed by atoms with Gasteiger partial charge in [-0.3, -0.25) is 4.79 Å². The van der Waals surface area contributed by atoms with Crippen molar-refractivity contribution in [2.45, 2.75) is 68.3 Å². The summed E-state index contributed by atoms with van der Waals surface area (Å²) in [5, 5.41) is 60.4. The molecule has 152 valence electrons. The Bertz CT molecular complexity index is 483. The number of aliphatic hydroxyl groups excluding tert-OH is 6. The number of ether oxygens (including phenoxy) is 3. The fourth-order valence-electron chi connectivity index (χ4n) is 2.94. The molecular weight excluding hydrogens is 361 g/mol. The topological polar surface area (TPSA) is 178 Å². The molecule has 0 bridgehead atoms. The Morgan fingerprint density at radius 3 is 2.12 bits per heavy atom. The summed E-state index contributed by atoms with van der Waals surface area (Å²) in [5.41, 5.74) is 0. The van der Waals surface area contributed by atoms with Gasteiger partial charge in [0.2, 0.25) is 12.3 Å². The van der Waals surface area contributed by atoms with Crippen molar-refractivity contribution in [2.24, 2.45) is 0 Å². The smallest absolute Gasteiger partial charge is 0.222 e. The van der Waals surface area contributed by atoms with Gasteiger partial charge in [0.15, 0.2) is 6.29 Å². The summed E-state index contributed by atoms with van der Waals surface area (Å²) in [5.74, 6) is -0.654. The van der Waals surface area contributed by atoms with E-state index in [9.17, 15) is 39.8 Å². The fourth-order valence-corrected chi connectivity index (χ4v) is 2.94. The van der Waals surface area contributed by atoms with Gasteiger partial charge >= 0.3 is 0 Å². The van der Waals surface area contributed by atoms with Crippen LogP contribution in [0.5, 0.6) is 0 Å². The summed E-state index contributed by atoms with van der Waals surface area (Å²) < 4.78 is 29.6. The number of amides is 1. The van der Waals surface area contributed by atoms with Gasteiger partial charge in [0.25, 0.3) is 0 Å². The number of rotatable bonds is 5. The maximum atomic E-state index is 14.2.